The lowest BCUT2D eigenvalue weighted by molar-refractivity contribution is -0.115. The number of benzene rings is 1. The Morgan fingerprint density at radius 3 is 2.47 bits per heavy atom. The average Bonchev–Trinajstić information content (AvgIpc) is 2.97. The normalized spacial score (nSPS) is 22.1. The highest BCUT2D eigenvalue weighted by atomic mass is 32.2. The van der Waals surface area contributed by atoms with Gasteiger partial charge in [-0.25, -0.2) is 18.4 Å². The summed E-state index contributed by atoms with van der Waals surface area (Å²) in [7, 11) is -3.46. The smallest absolute Gasteiger partial charge is 0.290 e. The number of aromatic nitrogens is 3. The van der Waals surface area contributed by atoms with Crippen LogP contribution in [0.15, 0.2) is 46.5 Å². The summed E-state index contributed by atoms with van der Waals surface area (Å²) in [5.74, 6) is 0.279. The molecule has 1 aromatic heterocycles. The number of carbonyl (C=O) groups excluding carboxylic acids is 2. The predicted molar refractivity (Wildman–Crippen MR) is 109 cm³/mol. The molecule has 3 aliphatic heterocycles. The van der Waals surface area contributed by atoms with Gasteiger partial charge in [0.15, 0.2) is 5.82 Å². The van der Waals surface area contributed by atoms with Crippen molar-refractivity contribution < 1.29 is 18.0 Å². The third kappa shape index (κ3) is 3.26. The second-order valence-corrected chi connectivity index (χ2v) is 10.4. The highest BCUT2D eigenvalue weighted by Crippen LogP contribution is 2.43. The maximum Gasteiger partial charge on any atom is 0.290 e. The molecule has 1 spiro atoms. The molecule has 3 aliphatic rings. The zero-order valence-electron chi connectivity index (χ0n) is 15.6. The Balaban J connectivity index is 1.24. The molecule has 2 aromatic rings. The number of hydrogen-bond donors (Lipinski definition) is 1. The van der Waals surface area contributed by atoms with E-state index in [1.165, 1.54) is 16.7 Å². The number of thioether (sulfide) groups is 1. The SMILES string of the molecule is O=C1NC(=O)/C(=C\c2ncnc(N3CC4(C3)CN(S(=O)(=O)c3ccccc3)C4)n2)S1. The minimum atomic E-state index is -3.46. The quantitative estimate of drug-likeness (QED) is 0.679. The number of nitrogens with one attached hydrogen (secondary N) is 1. The maximum atomic E-state index is 12.7. The fourth-order valence-corrected chi connectivity index (χ4v) is 6.12. The van der Waals surface area contributed by atoms with Gasteiger partial charge in [0.05, 0.1) is 9.80 Å². The van der Waals surface area contributed by atoms with Gasteiger partial charge in [0, 0.05) is 37.7 Å². The molecule has 0 saturated carbocycles. The Bertz CT molecular complexity index is 1170. The van der Waals surface area contributed by atoms with Crippen molar-refractivity contribution in [3.8, 4) is 0 Å². The predicted octanol–water partition coefficient (Wildman–Crippen LogP) is 0.706. The van der Waals surface area contributed by atoms with E-state index in [2.05, 4.69) is 20.3 Å². The van der Waals surface area contributed by atoms with Crippen LogP contribution >= 0.6 is 11.8 Å². The van der Waals surface area contributed by atoms with Crippen LogP contribution in [0.1, 0.15) is 5.82 Å². The van der Waals surface area contributed by atoms with Crippen molar-refractivity contribution in [2.75, 3.05) is 31.1 Å². The van der Waals surface area contributed by atoms with Crippen LogP contribution in [0, 0.1) is 5.41 Å². The summed E-state index contributed by atoms with van der Waals surface area (Å²) in [5.41, 5.74) is -0.0965. The Kier molecular flexibility index (Phi) is 4.38. The van der Waals surface area contributed by atoms with Gasteiger partial charge in [-0.3, -0.25) is 14.9 Å². The summed E-state index contributed by atoms with van der Waals surface area (Å²) >= 11 is 0.801. The topological polar surface area (TPSA) is 125 Å². The highest BCUT2D eigenvalue weighted by molar-refractivity contribution is 8.18. The zero-order chi connectivity index (χ0) is 20.9. The van der Waals surface area contributed by atoms with Crippen molar-refractivity contribution in [3.63, 3.8) is 0 Å². The minimum Gasteiger partial charge on any atom is -0.339 e. The van der Waals surface area contributed by atoms with Gasteiger partial charge in [-0.05, 0) is 23.9 Å². The Hall–Kier alpha value is -2.83. The largest absolute Gasteiger partial charge is 0.339 e. The van der Waals surface area contributed by atoms with Crippen LogP contribution in [0.25, 0.3) is 6.08 Å². The van der Waals surface area contributed by atoms with E-state index in [-0.39, 0.29) is 16.1 Å². The molecule has 0 bridgehead atoms. The number of rotatable bonds is 4. The van der Waals surface area contributed by atoms with E-state index in [0.717, 1.165) is 11.8 Å². The molecule has 5 rings (SSSR count). The van der Waals surface area contributed by atoms with E-state index in [4.69, 9.17) is 0 Å². The lowest BCUT2D eigenvalue weighted by atomic mass is 9.74. The first-order chi connectivity index (χ1) is 14.3. The van der Waals surface area contributed by atoms with E-state index < -0.39 is 21.2 Å². The maximum absolute atomic E-state index is 12.7. The van der Waals surface area contributed by atoms with Gasteiger partial charge in [0.25, 0.3) is 11.1 Å². The second kappa shape index (κ2) is 6.86. The van der Waals surface area contributed by atoms with Crippen LogP contribution in [0.4, 0.5) is 10.7 Å². The van der Waals surface area contributed by atoms with Crippen LogP contribution < -0.4 is 10.2 Å². The molecule has 154 valence electrons. The van der Waals surface area contributed by atoms with Crippen LogP contribution in [-0.2, 0) is 14.8 Å². The van der Waals surface area contributed by atoms with Crippen molar-refractivity contribution in [2.45, 2.75) is 4.90 Å². The molecule has 10 nitrogen and oxygen atoms in total. The molecule has 3 saturated heterocycles. The number of sulfonamides is 1. The molecule has 3 fully saturated rings. The molecule has 0 radical (unpaired) electrons. The van der Waals surface area contributed by atoms with E-state index in [1.807, 2.05) is 4.90 Å². The van der Waals surface area contributed by atoms with Crippen molar-refractivity contribution >= 4 is 45.0 Å². The van der Waals surface area contributed by atoms with Crippen LogP contribution in [0.5, 0.6) is 0 Å². The third-order valence-corrected chi connectivity index (χ3v) is 7.84. The Morgan fingerprint density at radius 2 is 1.80 bits per heavy atom. The van der Waals surface area contributed by atoms with Crippen molar-refractivity contribution in [1.82, 2.24) is 24.6 Å². The number of anilines is 1. The number of amides is 2. The molecule has 1 aromatic carbocycles. The van der Waals surface area contributed by atoms with Crippen molar-refractivity contribution in [1.29, 1.82) is 0 Å². The van der Waals surface area contributed by atoms with E-state index in [0.29, 0.717) is 37.0 Å². The standard InChI is InChI=1S/C18H16N6O4S2/c25-15-13(29-17(26)22-15)6-14-19-11-20-16(21-14)23-7-18(8-23)9-24(10-18)30(27,28)12-4-2-1-3-5-12/h1-6,11H,7-10H2,(H,22,25,26)/b13-6+. The second-order valence-electron chi connectivity index (χ2n) is 7.44. The Morgan fingerprint density at radius 1 is 1.07 bits per heavy atom. The third-order valence-electron chi connectivity index (χ3n) is 5.22. The average molecular weight is 444 g/mol. The molecule has 0 atom stereocenters. The minimum absolute atomic E-state index is 0.0965. The molecule has 0 unspecified atom stereocenters. The summed E-state index contributed by atoms with van der Waals surface area (Å²) in [4.78, 5) is 38.0. The summed E-state index contributed by atoms with van der Waals surface area (Å²) < 4.78 is 26.8. The molecular formula is C18H16N6O4S2. The van der Waals surface area contributed by atoms with Crippen molar-refractivity contribution in [3.05, 3.63) is 47.4 Å². The van der Waals surface area contributed by atoms with Gasteiger partial charge >= 0.3 is 0 Å². The molecular weight excluding hydrogens is 428 g/mol. The lowest BCUT2D eigenvalue weighted by Crippen LogP contribution is -2.73. The fourth-order valence-electron chi connectivity index (χ4n) is 3.78. The highest BCUT2D eigenvalue weighted by Gasteiger charge is 2.55. The fraction of sp³-hybridized carbons (Fsp3) is 0.278. The van der Waals surface area contributed by atoms with Gasteiger partial charge in [-0.1, -0.05) is 18.2 Å². The molecule has 30 heavy (non-hydrogen) atoms. The van der Waals surface area contributed by atoms with E-state index in [1.54, 1.807) is 30.3 Å². The van der Waals surface area contributed by atoms with E-state index in [9.17, 15) is 18.0 Å². The first kappa shape index (κ1) is 19.2. The van der Waals surface area contributed by atoms with Gasteiger partial charge in [-0.2, -0.15) is 9.29 Å². The van der Waals surface area contributed by atoms with Gasteiger partial charge in [0.2, 0.25) is 16.0 Å². The number of hydrogen-bond acceptors (Lipinski definition) is 9. The summed E-state index contributed by atoms with van der Waals surface area (Å²) in [6.45, 7) is 2.20. The van der Waals surface area contributed by atoms with Gasteiger partial charge in [-0.15, -0.1) is 0 Å². The monoisotopic (exact) mass is 444 g/mol. The number of imide groups is 1. The summed E-state index contributed by atoms with van der Waals surface area (Å²) in [5, 5.41) is 1.76. The van der Waals surface area contributed by atoms with Crippen LogP contribution in [-0.4, -0.2) is 65.0 Å². The first-order valence-corrected chi connectivity index (χ1v) is 11.3. The summed E-state index contributed by atoms with van der Waals surface area (Å²) in [6.07, 6.45) is 2.80. The number of carbonyl (C=O) groups is 2. The van der Waals surface area contributed by atoms with Crippen molar-refractivity contribution in [2.24, 2.45) is 5.41 Å². The van der Waals surface area contributed by atoms with Crippen LogP contribution in [0.2, 0.25) is 0 Å². The van der Waals surface area contributed by atoms with E-state index >= 15 is 0 Å². The van der Waals surface area contributed by atoms with Crippen LogP contribution in [0.3, 0.4) is 0 Å². The lowest BCUT2D eigenvalue weighted by Gasteiger charge is -2.59. The van der Waals surface area contributed by atoms with Gasteiger partial charge < -0.3 is 4.90 Å². The molecule has 4 heterocycles. The molecule has 1 N–H and O–H groups in total. The van der Waals surface area contributed by atoms with Gasteiger partial charge in [0.1, 0.15) is 6.33 Å². The molecule has 12 heteroatoms. The zero-order valence-corrected chi connectivity index (χ0v) is 17.2. The molecule has 2 amide bonds. The molecule has 0 aliphatic carbocycles. The first-order valence-electron chi connectivity index (χ1n) is 9.09. The summed E-state index contributed by atoms with van der Waals surface area (Å²) in [6, 6.07) is 8.42. The number of nitrogens with zero attached hydrogens (tertiary/aromatic N) is 5. The Labute approximate surface area is 176 Å².